The van der Waals surface area contributed by atoms with Crippen LogP contribution in [0.15, 0.2) is 18.2 Å². The summed E-state index contributed by atoms with van der Waals surface area (Å²) in [7, 11) is 0. The van der Waals surface area contributed by atoms with Crippen molar-refractivity contribution in [3.63, 3.8) is 0 Å². The molecule has 0 aromatic heterocycles. The lowest BCUT2D eigenvalue weighted by atomic mass is 9.81. The summed E-state index contributed by atoms with van der Waals surface area (Å²) in [5.41, 5.74) is 2.78. The Balaban J connectivity index is 1.45. The van der Waals surface area contributed by atoms with E-state index in [2.05, 4.69) is 37.4 Å². The second kappa shape index (κ2) is 6.83. The molecule has 1 aliphatic carbocycles. The zero-order chi connectivity index (χ0) is 14.7. The van der Waals surface area contributed by atoms with Crippen molar-refractivity contribution in [1.82, 2.24) is 5.32 Å². The molecule has 1 N–H and O–H groups in total. The molecule has 0 saturated heterocycles. The summed E-state index contributed by atoms with van der Waals surface area (Å²) in [5, 5.41) is 3.71. The molecule has 1 saturated carbocycles. The highest BCUT2D eigenvalue weighted by atomic mass is 16.5. The number of nitrogens with one attached hydrogen (secondary N) is 1. The number of rotatable bonds is 5. The maximum Gasteiger partial charge on any atom is 0.122 e. The molecule has 1 aliphatic heterocycles. The molecule has 116 valence electrons. The topological polar surface area (TPSA) is 21.3 Å². The summed E-state index contributed by atoms with van der Waals surface area (Å²) in [6.07, 6.45) is 8.15. The lowest BCUT2D eigenvalue weighted by molar-refractivity contribution is 0.273. The third-order valence-corrected chi connectivity index (χ3v) is 5.35. The molecule has 0 spiro atoms. The minimum atomic E-state index is 0.443. The van der Waals surface area contributed by atoms with Crippen molar-refractivity contribution in [3.8, 4) is 5.75 Å². The van der Waals surface area contributed by atoms with Crippen LogP contribution in [0.4, 0.5) is 0 Å². The standard InChI is InChI=1S/C19H29NO/c1-14-3-5-16(6-4-14)9-11-20-15(2)17-7-8-19-18(13-17)10-12-21-19/h7-8,13-16,20H,3-6,9-12H2,1-2H3. The predicted octanol–water partition coefficient (Wildman–Crippen LogP) is 4.49. The summed E-state index contributed by atoms with van der Waals surface area (Å²) in [5.74, 6) is 3.00. The minimum absolute atomic E-state index is 0.443. The number of benzene rings is 1. The first kappa shape index (κ1) is 14.9. The quantitative estimate of drug-likeness (QED) is 0.861. The molecule has 1 heterocycles. The smallest absolute Gasteiger partial charge is 0.122 e. The van der Waals surface area contributed by atoms with Crippen LogP contribution in [0.25, 0.3) is 0 Å². The van der Waals surface area contributed by atoms with Crippen LogP contribution in [0.2, 0.25) is 0 Å². The van der Waals surface area contributed by atoms with Crippen LogP contribution in [0.5, 0.6) is 5.75 Å². The Bertz CT molecular complexity index is 463. The van der Waals surface area contributed by atoms with Crippen molar-refractivity contribution in [1.29, 1.82) is 0 Å². The van der Waals surface area contributed by atoms with E-state index in [0.717, 1.165) is 37.2 Å². The van der Waals surface area contributed by atoms with E-state index in [4.69, 9.17) is 4.74 Å². The Hall–Kier alpha value is -1.02. The maximum atomic E-state index is 5.58. The largest absolute Gasteiger partial charge is 0.493 e. The lowest BCUT2D eigenvalue weighted by Gasteiger charge is -2.26. The molecule has 0 radical (unpaired) electrons. The average molecular weight is 287 g/mol. The molecular formula is C19H29NO. The summed E-state index contributed by atoms with van der Waals surface area (Å²) in [4.78, 5) is 0. The molecule has 21 heavy (non-hydrogen) atoms. The van der Waals surface area contributed by atoms with E-state index < -0.39 is 0 Å². The second-order valence-electron chi connectivity index (χ2n) is 7.06. The second-order valence-corrected chi connectivity index (χ2v) is 7.06. The zero-order valence-electron chi connectivity index (χ0n) is 13.5. The van der Waals surface area contributed by atoms with Crippen LogP contribution < -0.4 is 10.1 Å². The van der Waals surface area contributed by atoms with E-state index in [1.807, 2.05) is 0 Å². The van der Waals surface area contributed by atoms with Gasteiger partial charge in [0.2, 0.25) is 0 Å². The fourth-order valence-electron chi connectivity index (χ4n) is 3.72. The van der Waals surface area contributed by atoms with Crippen molar-refractivity contribution in [2.75, 3.05) is 13.2 Å². The fraction of sp³-hybridized carbons (Fsp3) is 0.684. The van der Waals surface area contributed by atoms with Crippen LogP contribution in [-0.4, -0.2) is 13.2 Å². The van der Waals surface area contributed by atoms with Gasteiger partial charge < -0.3 is 10.1 Å². The molecule has 2 nitrogen and oxygen atoms in total. The average Bonchev–Trinajstić information content (AvgIpc) is 2.96. The van der Waals surface area contributed by atoms with Crippen LogP contribution in [0.1, 0.15) is 63.1 Å². The van der Waals surface area contributed by atoms with Gasteiger partial charge in [-0.25, -0.2) is 0 Å². The Labute approximate surface area is 129 Å². The normalized spacial score (nSPS) is 26.2. The molecule has 1 atom stereocenters. The first-order valence-corrected chi connectivity index (χ1v) is 8.71. The number of hydrogen-bond acceptors (Lipinski definition) is 2. The summed E-state index contributed by atoms with van der Waals surface area (Å²) in [6.45, 7) is 6.67. The minimum Gasteiger partial charge on any atom is -0.493 e. The molecule has 1 unspecified atom stereocenters. The van der Waals surface area contributed by atoms with Crippen molar-refractivity contribution in [3.05, 3.63) is 29.3 Å². The molecule has 1 aromatic rings. The van der Waals surface area contributed by atoms with Gasteiger partial charge in [-0.2, -0.15) is 0 Å². The Morgan fingerprint density at radius 1 is 1.24 bits per heavy atom. The third-order valence-electron chi connectivity index (χ3n) is 5.35. The van der Waals surface area contributed by atoms with E-state index in [9.17, 15) is 0 Å². The van der Waals surface area contributed by atoms with Gasteiger partial charge in [0.1, 0.15) is 5.75 Å². The van der Waals surface area contributed by atoms with Crippen LogP contribution in [0, 0.1) is 11.8 Å². The lowest BCUT2D eigenvalue weighted by Crippen LogP contribution is -2.23. The van der Waals surface area contributed by atoms with Crippen molar-refractivity contribution >= 4 is 0 Å². The molecule has 2 heteroatoms. The van der Waals surface area contributed by atoms with Gasteiger partial charge in [0.25, 0.3) is 0 Å². The number of hydrogen-bond donors (Lipinski definition) is 1. The van der Waals surface area contributed by atoms with Gasteiger partial charge in [0.05, 0.1) is 6.61 Å². The van der Waals surface area contributed by atoms with E-state index in [1.165, 1.54) is 43.2 Å². The van der Waals surface area contributed by atoms with Crippen LogP contribution in [-0.2, 0) is 6.42 Å². The van der Waals surface area contributed by atoms with Gasteiger partial charge in [-0.15, -0.1) is 0 Å². The van der Waals surface area contributed by atoms with Gasteiger partial charge in [-0.3, -0.25) is 0 Å². The Morgan fingerprint density at radius 2 is 2.05 bits per heavy atom. The SMILES string of the molecule is CC1CCC(CCNC(C)c2ccc3c(c2)CCO3)CC1. The van der Waals surface area contributed by atoms with Crippen LogP contribution in [0.3, 0.4) is 0 Å². The third kappa shape index (κ3) is 3.79. The highest BCUT2D eigenvalue weighted by Gasteiger charge is 2.18. The molecule has 0 bridgehead atoms. The summed E-state index contributed by atoms with van der Waals surface area (Å²) >= 11 is 0. The fourth-order valence-corrected chi connectivity index (χ4v) is 3.72. The van der Waals surface area contributed by atoms with Crippen molar-refractivity contribution in [2.24, 2.45) is 11.8 Å². The molecular weight excluding hydrogens is 258 g/mol. The van der Waals surface area contributed by atoms with Crippen molar-refractivity contribution in [2.45, 2.75) is 58.4 Å². The molecule has 1 fully saturated rings. The molecule has 3 rings (SSSR count). The predicted molar refractivity (Wildman–Crippen MR) is 87.8 cm³/mol. The highest BCUT2D eigenvalue weighted by Crippen LogP contribution is 2.31. The van der Waals surface area contributed by atoms with Gasteiger partial charge in [0, 0.05) is 12.5 Å². The van der Waals surface area contributed by atoms with E-state index in [1.54, 1.807) is 0 Å². The van der Waals surface area contributed by atoms with Crippen LogP contribution >= 0.6 is 0 Å². The molecule has 0 amide bonds. The van der Waals surface area contributed by atoms with E-state index in [0.29, 0.717) is 6.04 Å². The van der Waals surface area contributed by atoms with Gasteiger partial charge >= 0.3 is 0 Å². The highest BCUT2D eigenvalue weighted by molar-refractivity contribution is 5.40. The van der Waals surface area contributed by atoms with Gasteiger partial charge in [0.15, 0.2) is 0 Å². The summed E-state index contributed by atoms with van der Waals surface area (Å²) < 4.78 is 5.58. The maximum absolute atomic E-state index is 5.58. The first-order valence-electron chi connectivity index (χ1n) is 8.71. The number of ether oxygens (including phenoxy) is 1. The Kier molecular flexibility index (Phi) is 4.84. The zero-order valence-corrected chi connectivity index (χ0v) is 13.5. The first-order chi connectivity index (χ1) is 10.2. The molecule has 1 aromatic carbocycles. The molecule has 2 aliphatic rings. The monoisotopic (exact) mass is 287 g/mol. The van der Waals surface area contributed by atoms with Gasteiger partial charge in [-0.05, 0) is 48.9 Å². The van der Waals surface area contributed by atoms with Crippen molar-refractivity contribution < 1.29 is 4.74 Å². The van der Waals surface area contributed by atoms with E-state index in [-0.39, 0.29) is 0 Å². The summed E-state index contributed by atoms with van der Waals surface area (Å²) in [6, 6.07) is 7.11. The van der Waals surface area contributed by atoms with Gasteiger partial charge in [-0.1, -0.05) is 44.7 Å². The van der Waals surface area contributed by atoms with E-state index >= 15 is 0 Å². The number of fused-ring (bicyclic) bond motifs is 1. The Morgan fingerprint density at radius 3 is 2.86 bits per heavy atom.